The summed E-state index contributed by atoms with van der Waals surface area (Å²) < 4.78 is 3.89. The molecule has 1 aliphatic heterocycles. The minimum Gasteiger partial charge on any atom is -0.270 e. The van der Waals surface area contributed by atoms with E-state index in [0.29, 0.717) is 30.5 Å². The number of hydrogen-bond donors (Lipinski definition) is 0. The van der Waals surface area contributed by atoms with Gasteiger partial charge in [-0.1, -0.05) is 40.7 Å². The Morgan fingerprint density at radius 3 is 2.65 bits per heavy atom. The minimum absolute atomic E-state index is 0.0930. The van der Waals surface area contributed by atoms with Gasteiger partial charge in [0.05, 0.1) is 40.7 Å². The van der Waals surface area contributed by atoms with E-state index >= 15 is 0 Å². The summed E-state index contributed by atoms with van der Waals surface area (Å²) in [4.78, 5) is 37.9. The first-order valence-electron chi connectivity index (χ1n) is 12.7. The van der Waals surface area contributed by atoms with E-state index < -0.39 is 0 Å². The highest BCUT2D eigenvalue weighted by Crippen LogP contribution is 2.36. The SMILES string of the molecule is CC.Cc1c(Cc2sc3c(C(C)C)nn(C)c(=O)c3c2C(=O)N2CC(C)CO2)cnn1-c1ccccn1. The number of rotatable bonds is 5. The van der Waals surface area contributed by atoms with Crippen LogP contribution in [0.4, 0.5) is 0 Å². The molecule has 4 aromatic heterocycles. The highest BCUT2D eigenvalue weighted by molar-refractivity contribution is 7.19. The third kappa shape index (κ3) is 4.95. The zero-order valence-electron chi connectivity index (χ0n) is 22.5. The molecule has 10 heteroatoms. The molecule has 1 amide bonds. The number of thiophene rings is 1. The number of carbonyl (C=O) groups is 1. The summed E-state index contributed by atoms with van der Waals surface area (Å²) >= 11 is 1.47. The predicted molar refractivity (Wildman–Crippen MR) is 145 cm³/mol. The first kappa shape index (κ1) is 26.7. The molecule has 5 heterocycles. The maximum atomic E-state index is 13.7. The van der Waals surface area contributed by atoms with Crippen molar-refractivity contribution in [2.45, 2.75) is 53.9 Å². The Labute approximate surface area is 220 Å². The van der Waals surface area contributed by atoms with Gasteiger partial charge in [-0.3, -0.25) is 14.4 Å². The van der Waals surface area contributed by atoms with E-state index in [2.05, 4.69) is 15.2 Å². The van der Waals surface area contributed by atoms with Crippen LogP contribution < -0.4 is 5.56 Å². The van der Waals surface area contributed by atoms with Crippen molar-refractivity contribution in [3.8, 4) is 5.82 Å². The number of nitrogens with zero attached hydrogens (tertiary/aromatic N) is 6. The fourth-order valence-electron chi connectivity index (χ4n) is 4.38. The topological polar surface area (TPSA) is 95.1 Å². The summed E-state index contributed by atoms with van der Waals surface area (Å²) in [5, 5.41) is 10.9. The molecule has 1 fully saturated rings. The van der Waals surface area contributed by atoms with E-state index in [9.17, 15) is 9.59 Å². The summed E-state index contributed by atoms with van der Waals surface area (Å²) in [5.74, 6) is 0.782. The van der Waals surface area contributed by atoms with Gasteiger partial charge < -0.3 is 0 Å². The fraction of sp³-hybridized carbons (Fsp3) is 0.444. The van der Waals surface area contributed by atoms with Crippen LogP contribution in [0.25, 0.3) is 15.9 Å². The Kier molecular flexibility index (Phi) is 7.89. The van der Waals surface area contributed by atoms with Gasteiger partial charge in [-0.25, -0.2) is 19.4 Å². The van der Waals surface area contributed by atoms with Gasteiger partial charge in [0, 0.05) is 36.2 Å². The molecular weight excluding hydrogens is 488 g/mol. The van der Waals surface area contributed by atoms with E-state index in [4.69, 9.17) is 4.84 Å². The molecule has 4 aromatic rings. The van der Waals surface area contributed by atoms with Crippen molar-refractivity contribution in [3.05, 3.63) is 68.3 Å². The Morgan fingerprint density at radius 1 is 1.27 bits per heavy atom. The average molecular weight is 523 g/mol. The van der Waals surface area contributed by atoms with Crippen LogP contribution in [0.2, 0.25) is 0 Å². The molecule has 196 valence electrons. The lowest BCUT2D eigenvalue weighted by molar-refractivity contribution is -0.0771. The first-order chi connectivity index (χ1) is 17.8. The predicted octanol–water partition coefficient (Wildman–Crippen LogP) is 4.65. The Morgan fingerprint density at radius 2 is 2.03 bits per heavy atom. The molecule has 0 aliphatic carbocycles. The summed E-state index contributed by atoms with van der Waals surface area (Å²) in [6.07, 6.45) is 3.99. The van der Waals surface area contributed by atoms with Gasteiger partial charge in [0.2, 0.25) is 0 Å². The number of hydroxylamine groups is 2. The molecule has 37 heavy (non-hydrogen) atoms. The molecule has 0 N–H and O–H groups in total. The normalized spacial score (nSPS) is 15.4. The number of amides is 1. The molecule has 1 aliphatic rings. The van der Waals surface area contributed by atoms with E-state index in [1.165, 1.54) is 21.1 Å². The van der Waals surface area contributed by atoms with Crippen molar-refractivity contribution < 1.29 is 9.63 Å². The smallest absolute Gasteiger partial charge is 0.270 e. The number of carbonyl (C=O) groups excluding carboxylic acids is 1. The summed E-state index contributed by atoms with van der Waals surface area (Å²) in [7, 11) is 1.63. The Balaban J connectivity index is 0.00000156. The molecule has 1 unspecified atom stereocenters. The molecule has 9 nitrogen and oxygen atoms in total. The number of aryl methyl sites for hydroxylation is 1. The van der Waals surface area contributed by atoms with E-state index in [1.807, 2.05) is 59.7 Å². The number of pyridine rings is 1. The van der Waals surface area contributed by atoms with Gasteiger partial charge in [0.25, 0.3) is 11.5 Å². The molecule has 1 atom stereocenters. The van der Waals surface area contributed by atoms with E-state index in [-0.39, 0.29) is 23.3 Å². The number of hydrogen-bond acceptors (Lipinski definition) is 7. The van der Waals surface area contributed by atoms with Crippen molar-refractivity contribution in [3.63, 3.8) is 0 Å². The summed E-state index contributed by atoms with van der Waals surface area (Å²) in [6.45, 7) is 13.1. The Bertz CT molecular complexity index is 1470. The third-order valence-corrected chi connectivity index (χ3v) is 7.50. The maximum absolute atomic E-state index is 13.7. The van der Waals surface area contributed by atoms with Gasteiger partial charge >= 0.3 is 0 Å². The van der Waals surface area contributed by atoms with Crippen molar-refractivity contribution in [2.24, 2.45) is 13.0 Å². The van der Waals surface area contributed by atoms with E-state index in [0.717, 1.165) is 32.3 Å². The van der Waals surface area contributed by atoms with Gasteiger partial charge in [-0.15, -0.1) is 11.3 Å². The van der Waals surface area contributed by atoms with Crippen LogP contribution in [-0.2, 0) is 18.3 Å². The van der Waals surface area contributed by atoms with Crippen LogP contribution in [0.15, 0.2) is 35.4 Å². The van der Waals surface area contributed by atoms with Crippen LogP contribution in [0, 0.1) is 12.8 Å². The number of fused-ring (bicyclic) bond motifs is 1. The zero-order chi connectivity index (χ0) is 26.9. The van der Waals surface area contributed by atoms with Gasteiger partial charge in [-0.2, -0.15) is 10.2 Å². The number of aromatic nitrogens is 5. The van der Waals surface area contributed by atoms with Gasteiger partial charge in [0.15, 0.2) is 5.82 Å². The lowest BCUT2D eigenvalue weighted by Crippen LogP contribution is -2.30. The molecule has 0 spiro atoms. The second-order valence-corrected chi connectivity index (χ2v) is 10.5. The van der Waals surface area contributed by atoms with E-state index in [1.54, 1.807) is 24.1 Å². The molecular formula is C27H34N6O3S. The molecule has 5 rings (SSSR count). The second-order valence-electron chi connectivity index (χ2n) is 9.37. The zero-order valence-corrected chi connectivity index (χ0v) is 23.3. The highest BCUT2D eigenvalue weighted by Gasteiger charge is 2.32. The lowest BCUT2D eigenvalue weighted by atomic mass is 10.0. The molecule has 0 radical (unpaired) electrons. The second kappa shape index (κ2) is 10.9. The van der Waals surface area contributed by atoms with Crippen LogP contribution in [0.1, 0.15) is 72.7 Å². The van der Waals surface area contributed by atoms with Crippen LogP contribution >= 0.6 is 11.3 Å². The van der Waals surface area contributed by atoms with Gasteiger partial charge in [-0.05, 0) is 30.5 Å². The van der Waals surface area contributed by atoms with Gasteiger partial charge in [0.1, 0.15) is 0 Å². The van der Waals surface area contributed by atoms with Crippen LogP contribution in [0.3, 0.4) is 0 Å². The first-order valence-corrected chi connectivity index (χ1v) is 13.5. The summed E-state index contributed by atoms with van der Waals surface area (Å²) in [5.41, 5.74) is 2.84. The average Bonchev–Trinajstić information content (AvgIpc) is 3.60. The van der Waals surface area contributed by atoms with Crippen LogP contribution in [0.5, 0.6) is 0 Å². The standard InChI is InChI=1S/C25H28N6O3S.C2H6/c1-14(2)22-23-21(24(32)29(5)28-22)20(25(33)30-12-15(3)13-34-30)18(35-23)10-17-11-27-31(16(17)4)19-8-6-7-9-26-19;1-2/h6-9,11,14-15H,10,12-13H2,1-5H3;1-2H3. The molecule has 1 saturated heterocycles. The highest BCUT2D eigenvalue weighted by atomic mass is 32.1. The van der Waals surface area contributed by atoms with Crippen molar-refractivity contribution in [1.29, 1.82) is 0 Å². The summed E-state index contributed by atoms with van der Waals surface area (Å²) in [6, 6.07) is 5.67. The van der Waals surface area contributed by atoms with Crippen molar-refractivity contribution >= 4 is 27.3 Å². The third-order valence-electron chi connectivity index (χ3n) is 6.29. The molecule has 0 saturated carbocycles. The van der Waals surface area contributed by atoms with Crippen LogP contribution in [-0.4, -0.2) is 48.7 Å². The lowest BCUT2D eigenvalue weighted by Gasteiger charge is -2.15. The minimum atomic E-state index is -0.275. The Hall–Kier alpha value is -3.37. The van der Waals surface area contributed by atoms with Crippen molar-refractivity contribution in [1.82, 2.24) is 29.6 Å². The quantitative estimate of drug-likeness (QED) is 0.379. The van der Waals surface area contributed by atoms with Crippen molar-refractivity contribution in [2.75, 3.05) is 13.2 Å². The molecule has 0 aromatic carbocycles. The fourth-order valence-corrected chi connectivity index (χ4v) is 5.82. The maximum Gasteiger partial charge on any atom is 0.279 e. The molecule has 0 bridgehead atoms. The largest absolute Gasteiger partial charge is 0.279 e. The monoisotopic (exact) mass is 522 g/mol.